The first-order valence-electron chi connectivity index (χ1n) is 7.58. The molecule has 2 aromatic carbocycles. The molecule has 0 fully saturated rings. The highest BCUT2D eigenvalue weighted by molar-refractivity contribution is 7.99. The third-order valence-corrected chi connectivity index (χ3v) is 5.30. The third kappa shape index (κ3) is 3.12. The zero-order valence-electron chi connectivity index (χ0n) is 12.7. The Morgan fingerprint density at radius 2 is 2.04 bits per heavy atom. The molecule has 0 radical (unpaired) electrons. The number of halogens is 1. The second-order valence-corrected chi connectivity index (χ2v) is 7.11. The number of benzene rings is 2. The first kappa shape index (κ1) is 15.5. The first-order valence-corrected chi connectivity index (χ1v) is 8.95. The maximum absolute atomic E-state index is 12.3. The summed E-state index contributed by atoms with van der Waals surface area (Å²) in [5, 5.41) is 6.54. The van der Waals surface area contributed by atoms with E-state index in [0.29, 0.717) is 22.2 Å². The zero-order chi connectivity index (χ0) is 16.5. The van der Waals surface area contributed by atoms with Crippen molar-refractivity contribution in [2.75, 3.05) is 17.9 Å². The summed E-state index contributed by atoms with van der Waals surface area (Å²) in [4.78, 5) is 13.5. The summed E-state index contributed by atoms with van der Waals surface area (Å²) in [7, 11) is 0. The van der Waals surface area contributed by atoms with Gasteiger partial charge in [0.05, 0.1) is 6.04 Å². The monoisotopic (exact) mass is 362 g/mol. The quantitative estimate of drug-likeness (QED) is 0.829. The molecule has 0 saturated heterocycles. The van der Waals surface area contributed by atoms with Gasteiger partial charge in [-0.05, 0) is 42.3 Å². The number of rotatable bonds is 2. The Balaban J connectivity index is 1.46. The molecule has 4 rings (SSSR count). The van der Waals surface area contributed by atoms with Crippen molar-refractivity contribution in [2.24, 2.45) is 0 Å². The Morgan fingerprint density at radius 1 is 1.17 bits per heavy atom. The Bertz CT molecular complexity index is 799. The van der Waals surface area contributed by atoms with Gasteiger partial charge in [-0.3, -0.25) is 0 Å². The van der Waals surface area contributed by atoms with Crippen LogP contribution >= 0.6 is 23.4 Å². The van der Waals surface area contributed by atoms with E-state index in [4.69, 9.17) is 21.1 Å². The summed E-state index contributed by atoms with van der Waals surface area (Å²) in [5.74, 6) is 2.29. The minimum Gasteiger partial charge on any atom is -0.454 e. The van der Waals surface area contributed by atoms with Crippen LogP contribution < -0.4 is 20.1 Å². The number of hydrogen-bond acceptors (Lipinski definition) is 4. The highest BCUT2D eigenvalue weighted by Gasteiger charge is 2.23. The second kappa shape index (κ2) is 6.45. The molecule has 7 heteroatoms. The molecule has 2 aliphatic rings. The minimum atomic E-state index is -0.253. The number of carbonyl (C=O) groups is 1. The van der Waals surface area contributed by atoms with Crippen LogP contribution in [-0.2, 0) is 0 Å². The van der Waals surface area contributed by atoms with Gasteiger partial charge in [0, 0.05) is 27.4 Å². The van der Waals surface area contributed by atoms with Crippen LogP contribution in [0.2, 0.25) is 5.02 Å². The average Bonchev–Trinajstić information content (AvgIpc) is 3.03. The van der Waals surface area contributed by atoms with Crippen molar-refractivity contribution >= 4 is 35.1 Å². The molecule has 0 unspecified atom stereocenters. The lowest BCUT2D eigenvalue weighted by molar-refractivity contribution is 0.174. The number of nitrogens with one attached hydrogen (secondary N) is 2. The molecular formula is C17H15ClN2O3S. The van der Waals surface area contributed by atoms with Crippen molar-refractivity contribution < 1.29 is 14.3 Å². The van der Waals surface area contributed by atoms with Gasteiger partial charge in [-0.15, -0.1) is 11.8 Å². The fraction of sp³-hybridized carbons (Fsp3) is 0.235. The number of amides is 2. The predicted octanol–water partition coefficient (Wildman–Crippen LogP) is 4.43. The minimum absolute atomic E-state index is 0.0473. The van der Waals surface area contributed by atoms with Gasteiger partial charge in [0.2, 0.25) is 6.79 Å². The molecule has 0 aromatic heterocycles. The van der Waals surface area contributed by atoms with E-state index in [2.05, 4.69) is 10.6 Å². The fourth-order valence-electron chi connectivity index (χ4n) is 2.81. The third-order valence-electron chi connectivity index (χ3n) is 3.95. The van der Waals surface area contributed by atoms with E-state index in [9.17, 15) is 4.79 Å². The van der Waals surface area contributed by atoms with Gasteiger partial charge in [-0.1, -0.05) is 11.6 Å². The van der Waals surface area contributed by atoms with Gasteiger partial charge in [0.15, 0.2) is 11.5 Å². The molecule has 5 nitrogen and oxygen atoms in total. The Morgan fingerprint density at radius 3 is 2.96 bits per heavy atom. The predicted molar refractivity (Wildman–Crippen MR) is 94.3 cm³/mol. The number of fused-ring (bicyclic) bond motifs is 2. The van der Waals surface area contributed by atoms with E-state index in [1.165, 1.54) is 4.90 Å². The van der Waals surface area contributed by atoms with Gasteiger partial charge < -0.3 is 20.1 Å². The lowest BCUT2D eigenvalue weighted by atomic mass is 10.0. The van der Waals surface area contributed by atoms with E-state index in [1.54, 1.807) is 30.0 Å². The Hall–Kier alpha value is -2.05. The molecule has 1 atom stereocenters. The molecule has 2 amide bonds. The van der Waals surface area contributed by atoms with Crippen molar-refractivity contribution in [3.8, 4) is 11.5 Å². The molecule has 2 N–H and O–H groups in total. The maximum atomic E-state index is 12.3. The highest BCUT2D eigenvalue weighted by atomic mass is 35.5. The van der Waals surface area contributed by atoms with E-state index in [1.807, 2.05) is 18.2 Å². The number of hydrogen-bond donors (Lipinski definition) is 2. The topological polar surface area (TPSA) is 59.6 Å². The van der Waals surface area contributed by atoms with E-state index >= 15 is 0 Å². The molecule has 0 aliphatic carbocycles. The first-order chi connectivity index (χ1) is 11.7. The standard InChI is InChI=1S/C17H15ClN2O3S/c18-10-1-4-16-12(7-10)13(5-6-24-16)20-17(21)19-11-2-3-14-15(8-11)23-9-22-14/h1-4,7-8,13H,5-6,9H2,(H2,19,20,21)/t13-/m0/s1. The Labute approximate surface area is 148 Å². The van der Waals surface area contributed by atoms with Crippen LogP contribution in [0, 0.1) is 0 Å². The number of urea groups is 1. The lowest BCUT2D eigenvalue weighted by Crippen LogP contribution is -2.34. The van der Waals surface area contributed by atoms with Crippen LogP contribution in [0.4, 0.5) is 10.5 Å². The van der Waals surface area contributed by atoms with Crippen LogP contribution in [0.5, 0.6) is 11.5 Å². The van der Waals surface area contributed by atoms with Crippen LogP contribution in [0.3, 0.4) is 0 Å². The summed E-state index contributed by atoms with van der Waals surface area (Å²) < 4.78 is 10.6. The lowest BCUT2D eigenvalue weighted by Gasteiger charge is -2.26. The molecule has 0 saturated carbocycles. The maximum Gasteiger partial charge on any atom is 0.319 e. The van der Waals surface area contributed by atoms with Crippen molar-refractivity contribution in [1.82, 2.24) is 5.32 Å². The normalized spacial score (nSPS) is 18.0. The van der Waals surface area contributed by atoms with Crippen LogP contribution in [0.15, 0.2) is 41.3 Å². The van der Waals surface area contributed by atoms with Crippen molar-refractivity contribution in [3.63, 3.8) is 0 Å². The smallest absolute Gasteiger partial charge is 0.319 e. The number of thioether (sulfide) groups is 1. The molecule has 2 aromatic rings. The van der Waals surface area contributed by atoms with E-state index in [-0.39, 0.29) is 18.9 Å². The molecule has 0 spiro atoms. The molecule has 124 valence electrons. The van der Waals surface area contributed by atoms with Gasteiger partial charge in [-0.2, -0.15) is 0 Å². The van der Waals surface area contributed by atoms with Crippen LogP contribution in [0.1, 0.15) is 18.0 Å². The zero-order valence-corrected chi connectivity index (χ0v) is 14.2. The highest BCUT2D eigenvalue weighted by Crippen LogP contribution is 2.38. The SMILES string of the molecule is O=C(Nc1ccc2c(c1)OCO2)N[C@H]1CCSc2ccc(Cl)cc21. The fourth-order valence-corrected chi connectivity index (χ4v) is 4.10. The van der Waals surface area contributed by atoms with Crippen LogP contribution in [-0.4, -0.2) is 18.6 Å². The average molecular weight is 363 g/mol. The summed E-state index contributed by atoms with van der Waals surface area (Å²) in [6.45, 7) is 0.211. The largest absolute Gasteiger partial charge is 0.454 e. The van der Waals surface area contributed by atoms with Gasteiger partial charge in [-0.25, -0.2) is 4.79 Å². The molecular weight excluding hydrogens is 348 g/mol. The molecule has 0 bridgehead atoms. The van der Waals surface area contributed by atoms with Gasteiger partial charge in [0.25, 0.3) is 0 Å². The molecule has 2 aliphatic heterocycles. The molecule has 2 heterocycles. The number of ether oxygens (including phenoxy) is 2. The van der Waals surface area contributed by atoms with E-state index < -0.39 is 0 Å². The van der Waals surface area contributed by atoms with Crippen LogP contribution in [0.25, 0.3) is 0 Å². The van der Waals surface area contributed by atoms with Crippen molar-refractivity contribution in [1.29, 1.82) is 0 Å². The van der Waals surface area contributed by atoms with Gasteiger partial charge >= 0.3 is 6.03 Å². The number of anilines is 1. The van der Waals surface area contributed by atoms with E-state index in [0.717, 1.165) is 17.7 Å². The summed E-state index contributed by atoms with van der Waals surface area (Å²) in [6, 6.07) is 10.8. The second-order valence-electron chi connectivity index (χ2n) is 5.54. The Kier molecular flexibility index (Phi) is 4.16. The molecule has 24 heavy (non-hydrogen) atoms. The van der Waals surface area contributed by atoms with Crippen molar-refractivity contribution in [3.05, 3.63) is 47.0 Å². The summed E-state index contributed by atoms with van der Waals surface area (Å²) in [5.41, 5.74) is 1.73. The van der Waals surface area contributed by atoms with Crippen molar-refractivity contribution in [2.45, 2.75) is 17.4 Å². The summed E-state index contributed by atoms with van der Waals surface area (Å²) >= 11 is 7.88. The number of carbonyl (C=O) groups excluding carboxylic acids is 1. The van der Waals surface area contributed by atoms with Gasteiger partial charge in [0.1, 0.15) is 0 Å². The summed E-state index contributed by atoms with van der Waals surface area (Å²) in [6.07, 6.45) is 0.868.